The van der Waals surface area contributed by atoms with Gasteiger partial charge in [-0.3, -0.25) is 4.90 Å². The van der Waals surface area contributed by atoms with Crippen molar-refractivity contribution < 1.29 is 14.3 Å². The SMILES string of the molecule is CC1CCN(C2COC3(C2)CN(C(=O)OC(C)(C)C)C3)CC1. The molecule has 0 N–H and O–H groups in total. The summed E-state index contributed by atoms with van der Waals surface area (Å²) in [5.74, 6) is 0.860. The predicted octanol–water partition coefficient (Wildman–Crippen LogP) is 2.50. The van der Waals surface area contributed by atoms with E-state index >= 15 is 0 Å². The highest BCUT2D eigenvalue weighted by Crippen LogP contribution is 2.38. The van der Waals surface area contributed by atoms with Gasteiger partial charge in [-0.1, -0.05) is 6.92 Å². The minimum Gasteiger partial charge on any atom is -0.444 e. The molecule has 1 amide bonds. The first-order valence-electron chi connectivity index (χ1n) is 8.62. The highest BCUT2D eigenvalue weighted by Gasteiger charge is 2.53. The van der Waals surface area contributed by atoms with E-state index in [0.29, 0.717) is 19.1 Å². The van der Waals surface area contributed by atoms with E-state index in [1.807, 2.05) is 20.8 Å². The molecule has 0 aliphatic carbocycles. The minimum atomic E-state index is -0.427. The third-order valence-corrected chi connectivity index (χ3v) is 5.13. The van der Waals surface area contributed by atoms with Crippen LogP contribution in [0.2, 0.25) is 0 Å². The van der Waals surface area contributed by atoms with Crippen LogP contribution in [0, 0.1) is 5.92 Å². The van der Waals surface area contributed by atoms with Crippen LogP contribution < -0.4 is 0 Å². The Labute approximate surface area is 133 Å². The van der Waals surface area contributed by atoms with Crippen molar-refractivity contribution in [2.75, 3.05) is 32.8 Å². The Hall–Kier alpha value is -0.810. The normalized spacial score (nSPS) is 29.6. The molecule has 126 valence electrons. The monoisotopic (exact) mass is 310 g/mol. The van der Waals surface area contributed by atoms with E-state index in [1.54, 1.807) is 4.90 Å². The summed E-state index contributed by atoms with van der Waals surface area (Å²) in [4.78, 5) is 16.4. The van der Waals surface area contributed by atoms with Gasteiger partial charge in [-0.15, -0.1) is 0 Å². The molecule has 5 heteroatoms. The molecule has 3 aliphatic heterocycles. The van der Waals surface area contributed by atoms with Crippen LogP contribution in [-0.2, 0) is 9.47 Å². The number of carbonyl (C=O) groups is 1. The van der Waals surface area contributed by atoms with Crippen molar-refractivity contribution in [3.63, 3.8) is 0 Å². The van der Waals surface area contributed by atoms with Crippen molar-refractivity contribution in [3.8, 4) is 0 Å². The summed E-state index contributed by atoms with van der Waals surface area (Å²) in [6.45, 7) is 12.6. The van der Waals surface area contributed by atoms with Crippen LogP contribution in [0.4, 0.5) is 4.79 Å². The summed E-state index contributed by atoms with van der Waals surface area (Å²) in [7, 11) is 0. The van der Waals surface area contributed by atoms with Crippen LogP contribution in [-0.4, -0.2) is 65.9 Å². The summed E-state index contributed by atoms with van der Waals surface area (Å²) < 4.78 is 11.5. The minimum absolute atomic E-state index is 0.107. The molecule has 3 saturated heterocycles. The molecule has 5 nitrogen and oxygen atoms in total. The zero-order chi connectivity index (χ0) is 16.0. The molecule has 0 aromatic rings. The summed E-state index contributed by atoms with van der Waals surface area (Å²) in [5, 5.41) is 0. The van der Waals surface area contributed by atoms with Gasteiger partial charge in [-0.25, -0.2) is 4.79 Å². The number of nitrogens with zero attached hydrogens (tertiary/aromatic N) is 2. The van der Waals surface area contributed by atoms with Crippen molar-refractivity contribution in [2.45, 2.75) is 64.2 Å². The van der Waals surface area contributed by atoms with Gasteiger partial charge in [-0.05, 0) is 59.0 Å². The molecule has 0 bridgehead atoms. The smallest absolute Gasteiger partial charge is 0.410 e. The van der Waals surface area contributed by atoms with Gasteiger partial charge >= 0.3 is 6.09 Å². The van der Waals surface area contributed by atoms with Crippen molar-refractivity contribution in [3.05, 3.63) is 0 Å². The van der Waals surface area contributed by atoms with Crippen LogP contribution >= 0.6 is 0 Å². The largest absolute Gasteiger partial charge is 0.444 e. The van der Waals surface area contributed by atoms with Crippen LogP contribution in [0.3, 0.4) is 0 Å². The van der Waals surface area contributed by atoms with E-state index in [4.69, 9.17) is 9.47 Å². The molecule has 3 fully saturated rings. The number of piperidine rings is 1. The summed E-state index contributed by atoms with van der Waals surface area (Å²) in [6, 6.07) is 0.535. The average Bonchev–Trinajstić information content (AvgIpc) is 2.81. The van der Waals surface area contributed by atoms with Crippen molar-refractivity contribution in [1.82, 2.24) is 9.80 Å². The average molecular weight is 310 g/mol. The molecular weight excluding hydrogens is 280 g/mol. The van der Waals surface area contributed by atoms with Crippen LogP contribution in [0.15, 0.2) is 0 Å². The van der Waals surface area contributed by atoms with Gasteiger partial charge in [0.1, 0.15) is 11.2 Å². The highest BCUT2D eigenvalue weighted by molar-refractivity contribution is 5.69. The fraction of sp³-hybridized carbons (Fsp3) is 0.941. The van der Waals surface area contributed by atoms with Gasteiger partial charge in [0.25, 0.3) is 0 Å². The maximum atomic E-state index is 12.0. The number of carbonyl (C=O) groups excluding carboxylic acids is 1. The molecule has 3 heterocycles. The molecular formula is C17H30N2O3. The van der Waals surface area contributed by atoms with E-state index in [-0.39, 0.29) is 11.7 Å². The third kappa shape index (κ3) is 3.40. The Kier molecular flexibility index (Phi) is 4.14. The number of hydrogen-bond acceptors (Lipinski definition) is 4. The number of rotatable bonds is 1. The van der Waals surface area contributed by atoms with Gasteiger partial charge in [0.15, 0.2) is 0 Å². The van der Waals surface area contributed by atoms with Gasteiger partial charge in [0.05, 0.1) is 19.7 Å². The number of amides is 1. The Morgan fingerprint density at radius 1 is 1.23 bits per heavy atom. The molecule has 1 atom stereocenters. The van der Waals surface area contributed by atoms with Crippen LogP contribution in [0.1, 0.15) is 47.0 Å². The number of ether oxygens (including phenoxy) is 2. The van der Waals surface area contributed by atoms with Gasteiger partial charge < -0.3 is 14.4 Å². The van der Waals surface area contributed by atoms with Crippen LogP contribution in [0.5, 0.6) is 0 Å². The van der Waals surface area contributed by atoms with E-state index < -0.39 is 5.60 Å². The number of hydrogen-bond donors (Lipinski definition) is 0. The Balaban J connectivity index is 1.47. The van der Waals surface area contributed by atoms with Crippen molar-refractivity contribution in [2.24, 2.45) is 5.92 Å². The van der Waals surface area contributed by atoms with Gasteiger partial charge in [0, 0.05) is 6.04 Å². The molecule has 1 spiro atoms. The zero-order valence-electron chi connectivity index (χ0n) is 14.4. The Bertz CT molecular complexity index is 418. The lowest BCUT2D eigenvalue weighted by Crippen LogP contribution is -2.64. The van der Waals surface area contributed by atoms with Gasteiger partial charge in [0.2, 0.25) is 0 Å². The lowest BCUT2D eigenvalue weighted by atomic mass is 9.88. The zero-order valence-corrected chi connectivity index (χ0v) is 14.4. The fourth-order valence-corrected chi connectivity index (χ4v) is 3.77. The second-order valence-corrected chi connectivity index (χ2v) is 8.41. The molecule has 22 heavy (non-hydrogen) atoms. The van der Waals surface area contributed by atoms with E-state index in [0.717, 1.165) is 18.9 Å². The first-order chi connectivity index (χ1) is 10.3. The summed E-state index contributed by atoms with van der Waals surface area (Å²) in [5.41, 5.74) is -0.534. The second kappa shape index (κ2) is 5.68. The predicted molar refractivity (Wildman–Crippen MR) is 84.9 cm³/mol. The second-order valence-electron chi connectivity index (χ2n) is 8.41. The maximum absolute atomic E-state index is 12.0. The van der Waals surface area contributed by atoms with E-state index in [2.05, 4.69) is 11.8 Å². The van der Waals surface area contributed by atoms with E-state index in [1.165, 1.54) is 25.9 Å². The first kappa shape index (κ1) is 16.1. The standard InChI is InChI=1S/C17H30N2O3/c1-13-5-7-18(8-6-13)14-9-17(21-10-14)11-19(12-17)15(20)22-16(2,3)4/h13-14H,5-12H2,1-4H3. The Morgan fingerprint density at radius 2 is 1.86 bits per heavy atom. The number of likely N-dealkylation sites (tertiary alicyclic amines) is 2. The lowest BCUT2D eigenvalue weighted by molar-refractivity contribution is -0.109. The summed E-state index contributed by atoms with van der Waals surface area (Å²) >= 11 is 0. The highest BCUT2D eigenvalue weighted by atomic mass is 16.6. The Morgan fingerprint density at radius 3 is 2.45 bits per heavy atom. The fourth-order valence-electron chi connectivity index (χ4n) is 3.77. The third-order valence-electron chi connectivity index (χ3n) is 5.13. The molecule has 3 aliphatic rings. The van der Waals surface area contributed by atoms with Crippen LogP contribution in [0.25, 0.3) is 0 Å². The van der Waals surface area contributed by atoms with E-state index in [9.17, 15) is 4.79 Å². The first-order valence-corrected chi connectivity index (χ1v) is 8.62. The molecule has 0 radical (unpaired) electrons. The topological polar surface area (TPSA) is 42.0 Å². The quantitative estimate of drug-likeness (QED) is 0.746. The molecule has 0 aromatic carbocycles. The van der Waals surface area contributed by atoms with Crippen molar-refractivity contribution in [1.29, 1.82) is 0 Å². The molecule has 0 aromatic heterocycles. The van der Waals surface area contributed by atoms with Crippen molar-refractivity contribution >= 4 is 6.09 Å². The molecule has 1 unspecified atom stereocenters. The summed E-state index contributed by atoms with van der Waals surface area (Å²) in [6.07, 6.45) is 3.44. The lowest BCUT2D eigenvalue weighted by Gasteiger charge is -2.47. The molecule has 3 rings (SSSR count). The molecule has 0 saturated carbocycles. The van der Waals surface area contributed by atoms with Gasteiger partial charge in [-0.2, -0.15) is 0 Å². The maximum Gasteiger partial charge on any atom is 0.410 e.